The van der Waals surface area contributed by atoms with E-state index in [2.05, 4.69) is 15.3 Å². The minimum absolute atomic E-state index is 0.0656. The number of ketones is 1. The van der Waals surface area contributed by atoms with Crippen LogP contribution in [0.25, 0.3) is 21.3 Å². The molecule has 0 saturated heterocycles. The largest absolute Gasteiger partial charge is 0.302 e. The van der Waals surface area contributed by atoms with Crippen LogP contribution in [0, 0.1) is 12.8 Å². The molecular formula is C19H16FN3O2S. The van der Waals surface area contributed by atoms with Crippen molar-refractivity contribution in [1.29, 1.82) is 0 Å². The minimum Gasteiger partial charge on any atom is -0.302 e. The van der Waals surface area contributed by atoms with Crippen molar-refractivity contribution in [3.63, 3.8) is 0 Å². The maximum Gasteiger partial charge on any atom is 0.232 e. The molecule has 1 saturated carbocycles. The average molecular weight is 369 g/mol. The van der Waals surface area contributed by atoms with Gasteiger partial charge in [0.05, 0.1) is 16.1 Å². The number of hydrogen-bond acceptors (Lipinski definition) is 5. The standard InChI is InChI=1S/C19H16FN3O2S/c1-9-5-16(10(2)24)21-8-13(9)11-3-4-15-17(6-11)26-19(22-15)23-18(25)12-7-14(12)20/h3-6,8,12,14H,7H2,1-2H3,(H,22,23,25)/t12-,14?/m1/s1. The molecule has 7 heteroatoms. The van der Waals surface area contributed by atoms with Crippen molar-refractivity contribution in [1.82, 2.24) is 9.97 Å². The number of nitrogens with one attached hydrogen (secondary N) is 1. The van der Waals surface area contributed by atoms with Crippen LogP contribution in [-0.2, 0) is 4.79 Å². The van der Waals surface area contributed by atoms with E-state index in [9.17, 15) is 14.0 Å². The summed E-state index contributed by atoms with van der Waals surface area (Å²) < 4.78 is 13.9. The topological polar surface area (TPSA) is 72.0 Å². The number of pyridine rings is 1. The zero-order valence-electron chi connectivity index (χ0n) is 14.2. The third-order valence-corrected chi connectivity index (χ3v) is 5.38. The Bertz CT molecular complexity index is 1050. The molecule has 0 bridgehead atoms. The highest BCUT2D eigenvalue weighted by atomic mass is 32.1. The Hall–Kier alpha value is -2.67. The lowest BCUT2D eigenvalue weighted by Crippen LogP contribution is -2.14. The maximum atomic E-state index is 13.0. The van der Waals surface area contributed by atoms with E-state index in [1.807, 2.05) is 25.1 Å². The fraction of sp³-hybridized carbons (Fsp3) is 0.263. The molecule has 132 valence electrons. The second kappa shape index (κ2) is 6.25. The number of nitrogens with zero attached hydrogens (tertiary/aromatic N) is 2. The number of rotatable bonds is 4. The number of halogens is 1. The number of alkyl halides is 1. The summed E-state index contributed by atoms with van der Waals surface area (Å²) in [5, 5.41) is 3.17. The van der Waals surface area contributed by atoms with Gasteiger partial charge in [-0.15, -0.1) is 0 Å². The lowest BCUT2D eigenvalue weighted by atomic mass is 10.0. The van der Waals surface area contributed by atoms with E-state index in [1.54, 1.807) is 12.3 Å². The Morgan fingerprint density at radius 1 is 1.31 bits per heavy atom. The first-order valence-electron chi connectivity index (χ1n) is 8.26. The number of aromatic nitrogens is 2. The number of fused-ring (bicyclic) bond motifs is 1. The zero-order valence-corrected chi connectivity index (χ0v) is 15.1. The Morgan fingerprint density at radius 2 is 2.08 bits per heavy atom. The molecule has 1 fully saturated rings. The number of aryl methyl sites for hydroxylation is 1. The molecule has 1 aliphatic rings. The van der Waals surface area contributed by atoms with E-state index in [1.165, 1.54) is 18.3 Å². The summed E-state index contributed by atoms with van der Waals surface area (Å²) in [5.74, 6) is -0.910. The number of Topliss-reactive ketones (excluding diaryl/α,β-unsaturated/α-hetero) is 1. The highest BCUT2D eigenvalue weighted by Crippen LogP contribution is 2.36. The SMILES string of the molecule is CC(=O)c1cc(C)c(-c2ccc3nc(NC(=O)[C@@H]4CC4F)sc3c2)cn1. The summed E-state index contributed by atoms with van der Waals surface area (Å²) >= 11 is 1.35. The molecule has 0 radical (unpaired) electrons. The summed E-state index contributed by atoms with van der Waals surface area (Å²) in [6, 6.07) is 7.58. The molecule has 5 nitrogen and oxygen atoms in total. The van der Waals surface area contributed by atoms with Gasteiger partial charge in [-0.05, 0) is 42.7 Å². The van der Waals surface area contributed by atoms with Gasteiger partial charge < -0.3 is 5.32 Å². The molecule has 3 aromatic rings. The van der Waals surface area contributed by atoms with Crippen molar-refractivity contribution in [2.75, 3.05) is 5.32 Å². The average Bonchev–Trinajstić information content (AvgIpc) is 3.20. The monoisotopic (exact) mass is 369 g/mol. The van der Waals surface area contributed by atoms with Gasteiger partial charge in [0.2, 0.25) is 5.91 Å². The van der Waals surface area contributed by atoms with Crippen LogP contribution in [0.5, 0.6) is 0 Å². The Labute approximate surface area is 153 Å². The van der Waals surface area contributed by atoms with Crippen molar-refractivity contribution >= 4 is 38.4 Å². The molecule has 2 atom stereocenters. The van der Waals surface area contributed by atoms with Gasteiger partial charge in [0.1, 0.15) is 11.9 Å². The normalized spacial score (nSPS) is 18.7. The molecule has 1 amide bonds. The van der Waals surface area contributed by atoms with E-state index < -0.39 is 12.1 Å². The quantitative estimate of drug-likeness (QED) is 0.701. The van der Waals surface area contributed by atoms with Crippen molar-refractivity contribution in [2.24, 2.45) is 5.92 Å². The maximum absolute atomic E-state index is 13.0. The van der Waals surface area contributed by atoms with Gasteiger partial charge in [-0.1, -0.05) is 17.4 Å². The number of hydrogen-bond donors (Lipinski definition) is 1. The first-order chi connectivity index (χ1) is 12.4. The zero-order chi connectivity index (χ0) is 18.4. The molecule has 1 aliphatic carbocycles. The van der Waals surface area contributed by atoms with Gasteiger partial charge in [-0.2, -0.15) is 0 Å². The fourth-order valence-corrected chi connectivity index (χ4v) is 3.74. The molecule has 1 unspecified atom stereocenters. The molecule has 2 heterocycles. The van der Waals surface area contributed by atoms with Gasteiger partial charge in [-0.25, -0.2) is 9.37 Å². The highest BCUT2D eigenvalue weighted by molar-refractivity contribution is 7.22. The third kappa shape index (κ3) is 3.10. The smallest absolute Gasteiger partial charge is 0.232 e. The Morgan fingerprint density at radius 3 is 2.73 bits per heavy atom. The fourth-order valence-electron chi connectivity index (χ4n) is 2.83. The number of thiazole rings is 1. The summed E-state index contributed by atoms with van der Waals surface area (Å²) in [6.45, 7) is 3.43. The third-order valence-electron chi connectivity index (χ3n) is 4.45. The van der Waals surface area contributed by atoms with E-state index in [0.29, 0.717) is 17.2 Å². The van der Waals surface area contributed by atoms with E-state index >= 15 is 0 Å². The summed E-state index contributed by atoms with van der Waals surface area (Å²) in [4.78, 5) is 31.9. The molecule has 1 N–H and O–H groups in total. The Kier molecular flexibility index (Phi) is 4.03. The minimum atomic E-state index is -1.02. The molecule has 26 heavy (non-hydrogen) atoms. The molecule has 0 spiro atoms. The number of anilines is 1. The molecule has 1 aromatic carbocycles. The van der Waals surface area contributed by atoms with Crippen LogP contribution in [0.4, 0.5) is 9.52 Å². The number of carbonyl (C=O) groups excluding carboxylic acids is 2. The van der Waals surface area contributed by atoms with Crippen molar-refractivity contribution in [2.45, 2.75) is 26.4 Å². The van der Waals surface area contributed by atoms with Crippen LogP contribution in [0.2, 0.25) is 0 Å². The van der Waals surface area contributed by atoms with Crippen molar-refractivity contribution < 1.29 is 14.0 Å². The second-order valence-electron chi connectivity index (χ2n) is 6.49. The second-order valence-corrected chi connectivity index (χ2v) is 7.52. The first-order valence-corrected chi connectivity index (χ1v) is 9.07. The van der Waals surface area contributed by atoms with Crippen LogP contribution in [0.15, 0.2) is 30.5 Å². The number of amides is 1. The van der Waals surface area contributed by atoms with Crippen molar-refractivity contribution in [3.8, 4) is 11.1 Å². The predicted molar refractivity (Wildman–Crippen MR) is 99.2 cm³/mol. The molecule has 4 rings (SSSR count). The summed E-state index contributed by atoms with van der Waals surface area (Å²) in [5.41, 5.74) is 4.08. The number of benzene rings is 1. The van der Waals surface area contributed by atoms with E-state index in [-0.39, 0.29) is 11.7 Å². The summed E-state index contributed by atoms with van der Waals surface area (Å²) in [7, 11) is 0. The number of carbonyl (C=O) groups is 2. The van der Waals surface area contributed by atoms with Crippen LogP contribution in [0.3, 0.4) is 0 Å². The lowest BCUT2D eigenvalue weighted by Gasteiger charge is -2.06. The molecule has 2 aromatic heterocycles. The van der Waals surface area contributed by atoms with Gasteiger partial charge in [0.25, 0.3) is 0 Å². The van der Waals surface area contributed by atoms with Gasteiger partial charge in [0.15, 0.2) is 10.9 Å². The van der Waals surface area contributed by atoms with Gasteiger partial charge >= 0.3 is 0 Å². The van der Waals surface area contributed by atoms with Gasteiger partial charge in [0, 0.05) is 18.7 Å². The summed E-state index contributed by atoms with van der Waals surface area (Å²) in [6.07, 6.45) is 0.971. The van der Waals surface area contributed by atoms with Crippen LogP contribution >= 0.6 is 11.3 Å². The van der Waals surface area contributed by atoms with Crippen molar-refractivity contribution in [3.05, 3.63) is 41.7 Å². The van der Waals surface area contributed by atoms with Gasteiger partial charge in [-0.3, -0.25) is 14.6 Å². The van der Waals surface area contributed by atoms with E-state index in [4.69, 9.17) is 0 Å². The van der Waals surface area contributed by atoms with Crippen LogP contribution in [0.1, 0.15) is 29.4 Å². The highest BCUT2D eigenvalue weighted by Gasteiger charge is 2.43. The van der Waals surface area contributed by atoms with Crippen LogP contribution in [-0.4, -0.2) is 27.8 Å². The predicted octanol–water partition coefficient (Wildman–Crippen LogP) is 4.17. The molecule has 0 aliphatic heterocycles. The van der Waals surface area contributed by atoms with E-state index in [0.717, 1.165) is 26.9 Å². The van der Waals surface area contributed by atoms with Crippen LogP contribution < -0.4 is 5.32 Å². The lowest BCUT2D eigenvalue weighted by molar-refractivity contribution is -0.117. The Balaban J connectivity index is 1.63. The first kappa shape index (κ1) is 16.8. The molecular weight excluding hydrogens is 353 g/mol.